The van der Waals surface area contributed by atoms with Crippen LogP contribution in [0.3, 0.4) is 0 Å². The molecule has 0 spiro atoms. The number of rotatable bonds is 4. The summed E-state index contributed by atoms with van der Waals surface area (Å²) in [5, 5.41) is 2.81. The molecule has 7 nitrogen and oxygen atoms in total. The molecule has 5 rings (SSSR count). The van der Waals surface area contributed by atoms with E-state index in [0.717, 1.165) is 35.5 Å². The van der Waals surface area contributed by atoms with Crippen molar-refractivity contribution in [2.75, 3.05) is 32.8 Å². The molecule has 0 bridgehead atoms. The highest BCUT2D eigenvalue weighted by atomic mass is 19.1. The van der Waals surface area contributed by atoms with E-state index in [1.807, 2.05) is 0 Å². The van der Waals surface area contributed by atoms with E-state index in [1.54, 1.807) is 24.4 Å². The number of fused-ring (bicyclic) bond motifs is 1. The van der Waals surface area contributed by atoms with Gasteiger partial charge in [0.2, 0.25) is 0 Å². The number of halogens is 2. The molecule has 2 aromatic heterocycles. The molecule has 2 amide bonds. The molecule has 0 aliphatic carbocycles. The topological polar surface area (TPSA) is 87.3 Å². The zero-order chi connectivity index (χ0) is 23.7. The number of nitrogens with one attached hydrogen (secondary N) is 2. The number of morpholine rings is 1. The normalized spacial score (nSPS) is 15.9. The second-order valence-corrected chi connectivity index (χ2v) is 8.14. The smallest absolute Gasteiger partial charge is 0.254 e. The maximum Gasteiger partial charge on any atom is 0.254 e. The Kier molecular flexibility index (Phi) is 5.93. The number of carbonyl (C=O) groups is 2. The maximum atomic E-state index is 14.7. The number of aromatic amines is 1. The van der Waals surface area contributed by atoms with Crippen LogP contribution in [0.4, 0.5) is 8.78 Å². The monoisotopic (exact) mass is 464 g/mol. The molecule has 174 valence electrons. The van der Waals surface area contributed by atoms with Crippen molar-refractivity contribution in [3.8, 4) is 11.3 Å². The highest BCUT2D eigenvalue weighted by Gasteiger charge is 2.22. The van der Waals surface area contributed by atoms with E-state index in [-0.39, 0.29) is 17.0 Å². The Bertz CT molecular complexity index is 1270. The Morgan fingerprint density at radius 2 is 1.85 bits per heavy atom. The molecule has 1 saturated heterocycles. The summed E-state index contributed by atoms with van der Waals surface area (Å²) in [6.07, 6.45) is 5.12. The molecule has 0 saturated carbocycles. The zero-order valence-electron chi connectivity index (χ0n) is 18.2. The van der Waals surface area contributed by atoms with Crippen LogP contribution in [-0.4, -0.2) is 59.5 Å². The molecule has 2 aliphatic heterocycles. The van der Waals surface area contributed by atoms with Crippen molar-refractivity contribution in [3.05, 3.63) is 76.2 Å². The van der Waals surface area contributed by atoms with Gasteiger partial charge in [0.05, 0.1) is 24.5 Å². The van der Waals surface area contributed by atoms with Gasteiger partial charge in [-0.2, -0.15) is 0 Å². The Balaban J connectivity index is 1.37. The van der Waals surface area contributed by atoms with Gasteiger partial charge in [-0.25, -0.2) is 8.78 Å². The van der Waals surface area contributed by atoms with Crippen molar-refractivity contribution < 1.29 is 23.1 Å². The highest BCUT2D eigenvalue weighted by Crippen LogP contribution is 2.25. The summed E-state index contributed by atoms with van der Waals surface area (Å²) in [5.74, 6) is -2.19. The fourth-order valence-electron chi connectivity index (χ4n) is 4.14. The van der Waals surface area contributed by atoms with Gasteiger partial charge < -0.3 is 19.9 Å². The fraction of sp³-hybridized carbons (Fsp3) is 0.240. The highest BCUT2D eigenvalue weighted by molar-refractivity contribution is 5.98. The van der Waals surface area contributed by atoms with Crippen molar-refractivity contribution in [1.29, 1.82) is 0 Å². The lowest BCUT2D eigenvalue weighted by Crippen LogP contribution is -2.40. The van der Waals surface area contributed by atoms with E-state index < -0.39 is 17.5 Å². The first-order chi connectivity index (χ1) is 16.5. The summed E-state index contributed by atoms with van der Waals surface area (Å²) in [6, 6.07) is 7.45. The minimum absolute atomic E-state index is 0.0334. The first kappa shape index (κ1) is 22.0. The van der Waals surface area contributed by atoms with Crippen LogP contribution in [0.1, 0.15) is 37.7 Å². The first-order valence-electron chi connectivity index (χ1n) is 11.0. The molecule has 0 atom stereocenters. The molecule has 2 aliphatic rings. The number of hydrogen-bond donors (Lipinski definition) is 2. The summed E-state index contributed by atoms with van der Waals surface area (Å²) in [6.45, 7) is 2.17. The Hall–Kier alpha value is -3.85. The van der Waals surface area contributed by atoms with Crippen LogP contribution in [0.25, 0.3) is 23.4 Å². The van der Waals surface area contributed by atoms with Crippen LogP contribution in [-0.2, 0) is 11.2 Å². The molecular formula is C25H22F2N4O3. The summed E-state index contributed by atoms with van der Waals surface area (Å²) in [5.41, 5.74) is 3.26. The second kappa shape index (κ2) is 9.18. The van der Waals surface area contributed by atoms with Crippen molar-refractivity contribution in [2.45, 2.75) is 6.42 Å². The number of benzene rings is 1. The van der Waals surface area contributed by atoms with E-state index in [2.05, 4.69) is 15.3 Å². The van der Waals surface area contributed by atoms with Crippen LogP contribution < -0.4 is 5.32 Å². The molecule has 0 radical (unpaired) electrons. The predicted molar refractivity (Wildman–Crippen MR) is 122 cm³/mol. The van der Waals surface area contributed by atoms with Crippen molar-refractivity contribution in [1.82, 2.24) is 20.2 Å². The quantitative estimate of drug-likeness (QED) is 0.621. The van der Waals surface area contributed by atoms with Gasteiger partial charge in [0, 0.05) is 60.3 Å². The molecule has 3 aromatic rings. The molecule has 1 fully saturated rings. The average Bonchev–Trinajstić information content (AvgIpc) is 3.30. The Morgan fingerprint density at radius 1 is 1.09 bits per heavy atom. The van der Waals surface area contributed by atoms with Gasteiger partial charge >= 0.3 is 0 Å². The summed E-state index contributed by atoms with van der Waals surface area (Å²) in [4.78, 5) is 33.6. The summed E-state index contributed by atoms with van der Waals surface area (Å²) in [7, 11) is 0. The third-order valence-corrected chi connectivity index (χ3v) is 5.94. The van der Waals surface area contributed by atoms with Crippen molar-refractivity contribution in [3.63, 3.8) is 0 Å². The lowest BCUT2D eigenvalue weighted by atomic mass is 10.1. The van der Waals surface area contributed by atoms with Gasteiger partial charge in [-0.05, 0) is 42.5 Å². The molecule has 34 heavy (non-hydrogen) atoms. The van der Waals surface area contributed by atoms with Gasteiger partial charge in [-0.3, -0.25) is 14.6 Å². The number of hydrogen-bond acceptors (Lipinski definition) is 4. The minimum atomic E-state index is -0.827. The van der Waals surface area contributed by atoms with E-state index in [1.165, 1.54) is 17.1 Å². The number of nitrogens with zero attached hydrogens (tertiary/aromatic N) is 2. The third-order valence-electron chi connectivity index (χ3n) is 5.94. The van der Waals surface area contributed by atoms with Gasteiger partial charge in [0.15, 0.2) is 0 Å². The SMILES string of the molecule is O=C1NCCc2[nH]c(-c3ccnc(C=Cc4c(F)cc(C(=O)N5CCOCC5)cc4F)c3)cc21. The number of pyridine rings is 1. The predicted octanol–water partition coefficient (Wildman–Crippen LogP) is 3.28. The minimum Gasteiger partial charge on any atom is -0.378 e. The van der Waals surface area contributed by atoms with Crippen LogP contribution >= 0.6 is 0 Å². The number of carbonyl (C=O) groups excluding carboxylic acids is 2. The van der Waals surface area contributed by atoms with Gasteiger partial charge in [-0.1, -0.05) is 0 Å². The van der Waals surface area contributed by atoms with Gasteiger partial charge in [-0.15, -0.1) is 0 Å². The second-order valence-electron chi connectivity index (χ2n) is 8.14. The lowest BCUT2D eigenvalue weighted by molar-refractivity contribution is 0.0302. The number of amides is 2. The molecule has 1 aromatic carbocycles. The number of aromatic nitrogens is 2. The zero-order valence-corrected chi connectivity index (χ0v) is 18.2. The summed E-state index contributed by atoms with van der Waals surface area (Å²) < 4.78 is 34.6. The molecule has 4 heterocycles. The maximum absolute atomic E-state index is 14.7. The number of H-pyrrole nitrogens is 1. The first-order valence-corrected chi connectivity index (χ1v) is 11.0. The van der Waals surface area contributed by atoms with Crippen LogP contribution in [0.5, 0.6) is 0 Å². The fourth-order valence-corrected chi connectivity index (χ4v) is 4.14. The molecule has 0 unspecified atom stereocenters. The molecular weight excluding hydrogens is 442 g/mol. The van der Waals surface area contributed by atoms with Crippen molar-refractivity contribution in [2.24, 2.45) is 0 Å². The standard InChI is InChI=1S/C25H22F2N4O3/c26-20-12-16(25(33)31-7-9-34-10-8-31)13-21(27)18(20)2-1-17-11-15(3-5-28-17)23-14-19-22(30-23)4-6-29-24(19)32/h1-3,5,11-14,30H,4,6-10H2,(H,29,32). The van der Waals surface area contributed by atoms with Gasteiger partial charge in [0.25, 0.3) is 11.8 Å². The van der Waals surface area contributed by atoms with E-state index in [9.17, 15) is 18.4 Å². The number of ether oxygens (including phenoxy) is 1. The molecule has 2 N–H and O–H groups in total. The van der Waals surface area contributed by atoms with E-state index >= 15 is 0 Å². The van der Waals surface area contributed by atoms with Gasteiger partial charge in [0.1, 0.15) is 11.6 Å². The Morgan fingerprint density at radius 3 is 2.59 bits per heavy atom. The largest absolute Gasteiger partial charge is 0.378 e. The van der Waals surface area contributed by atoms with E-state index in [4.69, 9.17) is 4.74 Å². The van der Waals surface area contributed by atoms with Crippen LogP contribution in [0.15, 0.2) is 36.5 Å². The van der Waals surface area contributed by atoms with Crippen molar-refractivity contribution >= 4 is 24.0 Å². The Labute approximate surface area is 194 Å². The van der Waals surface area contributed by atoms with E-state index in [0.29, 0.717) is 44.1 Å². The average molecular weight is 464 g/mol. The summed E-state index contributed by atoms with van der Waals surface area (Å²) >= 11 is 0. The molecule has 9 heteroatoms. The third kappa shape index (κ3) is 4.34. The van der Waals surface area contributed by atoms with Crippen LogP contribution in [0, 0.1) is 11.6 Å². The lowest BCUT2D eigenvalue weighted by Gasteiger charge is -2.27. The van der Waals surface area contributed by atoms with Crippen LogP contribution in [0.2, 0.25) is 0 Å².